The minimum Gasteiger partial charge on any atom is -0.358 e. The Bertz CT molecular complexity index is 928. The van der Waals surface area contributed by atoms with Crippen LogP contribution in [0.1, 0.15) is 25.1 Å². The number of aromatic nitrogens is 1. The quantitative estimate of drug-likeness (QED) is 0.721. The molecular weight excluding hydrogens is 310 g/mol. The van der Waals surface area contributed by atoms with Crippen molar-refractivity contribution in [2.45, 2.75) is 26.2 Å². The number of nitrogens with one attached hydrogen (secondary N) is 2. The monoisotopic (exact) mass is 328 g/mol. The maximum Gasteiger partial charge on any atom is 0.234 e. The molecule has 0 unspecified atom stereocenters. The number of benzene rings is 2. The maximum atomic E-state index is 13.3. The molecule has 0 fully saturated rings. The number of aromatic amines is 1. The van der Waals surface area contributed by atoms with Gasteiger partial charge in [0.2, 0.25) is 5.91 Å². The van der Waals surface area contributed by atoms with E-state index < -0.39 is 17.0 Å². The lowest BCUT2D eigenvalue weighted by atomic mass is 9.81. The van der Waals surface area contributed by atoms with E-state index in [0.717, 1.165) is 34.3 Å². The molecule has 3 nitrogen and oxygen atoms in total. The van der Waals surface area contributed by atoms with Gasteiger partial charge in [-0.05, 0) is 44.5 Å². The van der Waals surface area contributed by atoms with E-state index in [4.69, 9.17) is 0 Å². The maximum absolute atomic E-state index is 13.3. The largest absolute Gasteiger partial charge is 0.358 e. The minimum absolute atomic E-state index is 0.226. The van der Waals surface area contributed by atoms with Gasteiger partial charge in [0.1, 0.15) is 0 Å². The molecule has 0 spiro atoms. The highest BCUT2D eigenvalue weighted by Crippen LogP contribution is 2.34. The number of aryl methyl sites for hydroxylation is 1. The number of rotatable bonds is 3. The van der Waals surface area contributed by atoms with Crippen LogP contribution in [0.3, 0.4) is 0 Å². The van der Waals surface area contributed by atoms with E-state index in [1.807, 2.05) is 45.0 Å². The fraction of sp³-hybridized carbons (Fsp3) is 0.211. The Morgan fingerprint density at radius 3 is 2.50 bits per heavy atom. The average molecular weight is 328 g/mol. The first kappa shape index (κ1) is 16.2. The Morgan fingerprint density at radius 1 is 1.08 bits per heavy atom. The highest BCUT2D eigenvalue weighted by Gasteiger charge is 2.34. The fourth-order valence-electron chi connectivity index (χ4n) is 3.06. The van der Waals surface area contributed by atoms with Crippen LogP contribution in [-0.2, 0) is 10.2 Å². The van der Waals surface area contributed by atoms with Crippen molar-refractivity contribution in [3.8, 4) is 0 Å². The van der Waals surface area contributed by atoms with Crippen molar-refractivity contribution in [1.82, 2.24) is 4.98 Å². The molecular formula is C19H18F2N2O. The minimum atomic E-state index is -0.992. The number of hydrogen-bond donors (Lipinski definition) is 2. The topological polar surface area (TPSA) is 44.9 Å². The van der Waals surface area contributed by atoms with E-state index >= 15 is 0 Å². The van der Waals surface area contributed by atoms with Gasteiger partial charge in [0.05, 0.1) is 5.41 Å². The Hall–Kier alpha value is -2.69. The number of para-hydroxylation sites is 1. The average Bonchev–Trinajstić information content (AvgIpc) is 2.87. The summed E-state index contributed by atoms with van der Waals surface area (Å²) in [7, 11) is 0. The van der Waals surface area contributed by atoms with Crippen molar-refractivity contribution >= 4 is 22.5 Å². The van der Waals surface area contributed by atoms with Crippen LogP contribution in [0.5, 0.6) is 0 Å². The van der Waals surface area contributed by atoms with Crippen LogP contribution in [0, 0.1) is 18.6 Å². The fourth-order valence-corrected chi connectivity index (χ4v) is 3.06. The Labute approximate surface area is 138 Å². The molecule has 5 heteroatoms. The van der Waals surface area contributed by atoms with E-state index in [9.17, 15) is 13.6 Å². The van der Waals surface area contributed by atoms with Crippen molar-refractivity contribution in [1.29, 1.82) is 0 Å². The van der Waals surface area contributed by atoms with Crippen LogP contribution in [0.4, 0.5) is 14.5 Å². The normalized spacial score (nSPS) is 11.7. The first-order valence-corrected chi connectivity index (χ1v) is 7.65. The van der Waals surface area contributed by atoms with Crippen LogP contribution in [0.25, 0.3) is 10.9 Å². The van der Waals surface area contributed by atoms with E-state index in [2.05, 4.69) is 10.3 Å². The van der Waals surface area contributed by atoms with Gasteiger partial charge in [-0.15, -0.1) is 0 Å². The zero-order valence-electron chi connectivity index (χ0n) is 13.7. The molecule has 1 heterocycles. The van der Waals surface area contributed by atoms with Crippen molar-refractivity contribution in [2.24, 2.45) is 0 Å². The summed E-state index contributed by atoms with van der Waals surface area (Å²) in [4.78, 5) is 16.1. The lowest BCUT2D eigenvalue weighted by Crippen LogP contribution is -2.35. The van der Waals surface area contributed by atoms with Crippen LogP contribution in [0.15, 0.2) is 42.5 Å². The van der Waals surface area contributed by atoms with Crippen LogP contribution < -0.4 is 5.32 Å². The molecule has 0 aliphatic rings. The number of carbonyl (C=O) groups is 1. The Kier molecular flexibility index (Phi) is 3.87. The van der Waals surface area contributed by atoms with E-state index in [-0.39, 0.29) is 11.6 Å². The van der Waals surface area contributed by atoms with Gasteiger partial charge >= 0.3 is 0 Å². The van der Waals surface area contributed by atoms with Gasteiger partial charge < -0.3 is 10.3 Å². The number of anilines is 1. The molecule has 0 atom stereocenters. The summed E-state index contributed by atoms with van der Waals surface area (Å²) in [5.41, 5.74) is 2.12. The van der Waals surface area contributed by atoms with Crippen molar-refractivity contribution in [2.75, 3.05) is 5.32 Å². The molecule has 3 rings (SSSR count). The van der Waals surface area contributed by atoms with Crippen LogP contribution in [-0.4, -0.2) is 10.9 Å². The summed E-state index contributed by atoms with van der Waals surface area (Å²) in [6.45, 7) is 5.54. The first-order chi connectivity index (χ1) is 11.3. The molecule has 24 heavy (non-hydrogen) atoms. The van der Waals surface area contributed by atoms with Gasteiger partial charge in [0.15, 0.2) is 11.6 Å². The summed E-state index contributed by atoms with van der Waals surface area (Å²) in [6, 6.07) is 11.1. The molecule has 2 N–H and O–H groups in total. The third kappa shape index (κ3) is 2.66. The summed E-state index contributed by atoms with van der Waals surface area (Å²) >= 11 is 0. The molecule has 0 saturated heterocycles. The van der Waals surface area contributed by atoms with E-state index in [0.29, 0.717) is 0 Å². The smallest absolute Gasteiger partial charge is 0.234 e. The molecule has 3 aromatic rings. The molecule has 1 amide bonds. The second-order valence-electron chi connectivity index (χ2n) is 6.38. The van der Waals surface area contributed by atoms with Crippen molar-refractivity contribution in [3.63, 3.8) is 0 Å². The van der Waals surface area contributed by atoms with Gasteiger partial charge in [0, 0.05) is 28.4 Å². The van der Waals surface area contributed by atoms with Gasteiger partial charge in [0.25, 0.3) is 0 Å². The standard InChI is InChI=1S/C19H18F2N2O/c1-11-17(13-6-4-5-7-16(13)22-11)19(2,3)18(24)23-12-8-9-14(20)15(21)10-12/h4-10,22H,1-3H3,(H,23,24). The number of H-pyrrole nitrogens is 1. The third-order valence-electron chi connectivity index (χ3n) is 4.26. The highest BCUT2D eigenvalue weighted by atomic mass is 19.2. The zero-order valence-corrected chi connectivity index (χ0v) is 13.7. The molecule has 0 saturated carbocycles. The van der Waals surface area contributed by atoms with Crippen molar-refractivity contribution in [3.05, 3.63) is 65.4 Å². The number of carbonyl (C=O) groups excluding carboxylic acids is 1. The number of fused-ring (bicyclic) bond motifs is 1. The van der Waals surface area contributed by atoms with Gasteiger partial charge in [-0.25, -0.2) is 8.78 Å². The molecule has 0 aliphatic heterocycles. The first-order valence-electron chi connectivity index (χ1n) is 7.65. The lowest BCUT2D eigenvalue weighted by Gasteiger charge is -2.24. The van der Waals surface area contributed by atoms with Crippen LogP contribution in [0.2, 0.25) is 0 Å². The number of halogens is 2. The van der Waals surface area contributed by atoms with E-state index in [1.54, 1.807) is 0 Å². The predicted octanol–water partition coefficient (Wildman–Crippen LogP) is 4.67. The third-order valence-corrected chi connectivity index (χ3v) is 4.26. The number of amides is 1. The van der Waals surface area contributed by atoms with Gasteiger partial charge in [-0.3, -0.25) is 4.79 Å². The Balaban J connectivity index is 1.98. The molecule has 1 aromatic heterocycles. The SMILES string of the molecule is Cc1[nH]c2ccccc2c1C(C)(C)C(=O)Nc1ccc(F)c(F)c1. The van der Waals surface area contributed by atoms with Gasteiger partial charge in [-0.1, -0.05) is 18.2 Å². The van der Waals surface area contributed by atoms with Gasteiger partial charge in [-0.2, -0.15) is 0 Å². The van der Waals surface area contributed by atoms with Crippen molar-refractivity contribution < 1.29 is 13.6 Å². The molecule has 0 radical (unpaired) electrons. The zero-order chi connectivity index (χ0) is 17.5. The summed E-state index contributed by atoms with van der Waals surface area (Å²) < 4.78 is 26.4. The second kappa shape index (κ2) is 5.74. The number of hydrogen-bond acceptors (Lipinski definition) is 1. The van der Waals surface area contributed by atoms with Crippen LogP contribution >= 0.6 is 0 Å². The van der Waals surface area contributed by atoms with E-state index in [1.165, 1.54) is 6.07 Å². The molecule has 0 aliphatic carbocycles. The molecule has 0 bridgehead atoms. The highest BCUT2D eigenvalue weighted by molar-refractivity contribution is 6.02. The predicted molar refractivity (Wildman–Crippen MR) is 91.0 cm³/mol. The molecule has 124 valence electrons. The second-order valence-corrected chi connectivity index (χ2v) is 6.38. The summed E-state index contributed by atoms with van der Waals surface area (Å²) in [5, 5.41) is 3.64. The lowest BCUT2D eigenvalue weighted by molar-refractivity contribution is -0.120. The summed E-state index contributed by atoms with van der Waals surface area (Å²) in [5.74, 6) is -2.23. The Morgan fingerprint density at radius 2 is 1.79 bits per heavy atom. The molecule has 2 aromatic carbocycles. The summed E-state index contributed by atoms with van der Waals surface area (Å²) in [6.07, 6.45) is 0.